The molecule has 1 aromatic rings. The van der Waals surface area contributed by atoms with Crippen LogP contribution in [-0.4, -0.2) is 43.6 Å². The van der Waals surface area contributed by atoms with Crippen LogP contribution in [0.25, 0.3) is 0 Å². The van der Waals surface area contributed by atoms with E-state index in [2.05, 4.69) is 43.4 Å². The third kappa shape index (κ3) is 4.12. The van der Waals surface area contributed by atoms with Crippen molar-refractivity contribution in [1.29, 1.82) is 0 Å². The molecule has 0 amide bonds. The molecule has 0 radical (unpaired) electrons. The Labute approximate surface area is 121 Å². The molecule has 4 heteroatoms. The van der Waals surface area contributed by atoms with E-state index in [1.54, 1.807) is 0 Å². The van der Waals surface area contributed by atoms with Crippen molar-refractivity contribution in [2.45, 2.75) is 44.9 Å². The summed E-state index contributed by atoms with van der Waals surface area (Å²) in [5.41, 5.74) is 2.27. The third-order valence-corrected chi connectivity index (χ3v) is 3.81. The highest BCUT2D eigenvalue weighted by molar-refractivity contribution is 5.55. The van der Waals surface area contributed by atoms with E-state index < -0.39 is 0 Å². The van der Waals surface area contributed by atoms with Gasteiger partial charge in [0.2, 0.25) is 0 Å². The molecule has 2 unspecified atom stereocenters. The minimum absolute atomic E-state index is 0.175. The van der Waals surface area contributed by atoms with Crippen molar-refractivity contribution >= 4 is 11.4 Å². The Morgan fingerprint density at radius 2 is 1.80 bits per heavy atom. The van der Waals surface area contributed by atoms with Crippen LogP contribution in [0.3, 0.4) is 0 Å². The first-order valence-electron chi connectivity index (χ1n) is 7.42. The molecule has 0 saturated carbocycles. The smallest absolute Gasteiger partial charge is 0.0606 e. The highest BCUT2D eigenvalue weighted by Gasteiger charge is 2.24. The van der Waals surface area contributed by atoms with Gasteiger partial charge < -0.3 is 20.1 Å². The molecular weight excluding hydrogens is 252 g/mol. The number of aliphatic hydroxyl groups is 1. The summed E-state index contributed by atoms with van der Waals surface area (Å²) >= 11 is 0. The fourth-order valence-corrected chi connectivity index (χ4v) is 2.85. The van der Waals surface area contributed by atoms with Crippen molar-refractivity contribution in [1.82, 2.24) is 0 Å². The first-order valence-corrected chi connectivity index (χ1v) is 7.42. The van der Waals surface area contributed by atoms with Crippen LogP contribution in [0.2, 0.25) is 0 Å². The molecule has 1 aliphatic rings. The van der Waals surface area contributed by atoms with Gasteiger partial charge in [0.05, 0.1) is 18.8 Å². The maximum absolute atomic E-state index is 8.95. The van der Waals surface area contributed by atoms with E-state index >= 15 is 0 Å². The summed E-state index contributed by atoms with van der Waals surface area (Å²) in [5, 5.41) is 12.5. The highest BCUT2D eigenvalue weighted by Crippen LogP contribution is 2.24. The van der Waals surface area contributed by atoms with E-state index in [4.69, 9.17) is 9.84 Å². The Morgan fingerprint density at radius 3 is 2.35 bits per heavy atom. The van der Waals surface area contributed by atoms with Crippen LogP contribution < -0.4 is 10.2 Å². The predicted molar refractivity (Wildman–Crippen MR) is 83.5 cm³/mol. The zero-order valence-electron chi connectivity index (χ0n) is 12.7. The van der Waals surface area contributed by atoms with Crippen LogP contribution in [0.15, 0.2) is 24.3 Å². The monoisotopic (exact) mass is 278 g/mol. The van der Waals surface area contributed by atoms with Crippen molar-refractivity contribution in [3.8, 4) is 0 Å². The van der Waals surface area contributed by atoms with E-state index in [-0.39, 0.29) is 6.61 Å². The largest absolute Gasteiger partial charge is 0.395 e. The number of aliphatic hydroxyl groups excluding tert-OH is 1. The average Bonchev–Trinajstić information content (AvgIpc) is 2.38. The topological polar surface area (TPSA) is 44.7 Å². The first kappa shape index (κ1) is 15.1. The zero-order valence-corrected chi connectivity index (χ0v) is 12.7. The van der Waals surface area contributed by atoms with Crippen LogP contribution >= 0.6 is 0 Å². The van der Waals surface area contributed by atoms with Gasteiger partial charge in [0.25, 0.3) is 0 Å². The van der Waals surface area contributed by atoms with Crippen LogP contribution in [0, 0.1) is 0 Å². The molecule has 112 valence electrons. The van der Waals surface area contributed by atoms with Crippen LogP contribution in [0.1, 0.15) is 26.7 Å². The second kappa shape index (κ2) is 6.95. The number of nitrogens with one attached hydrogen (secondary N) is 1. The zero-order chi connectivity index (χ0) is 14.5. The van der Waals surface area contributed by atoms with E-state index in [9.17, 15) is 0 Å². The van der Waals surface area contributed by atoms with Gasteiger partial charge in [-0.3, -0.25) is 0 Å². The molecular formula is C16H26N2O2. The molecule has 1 aliphatic heterocycles. The molecule has 1 fully saturated rings. The Hall–Kier alpha value is -1.26. The molecule has 2 rings (SSSR count). The van der Waals surface area contributed by atoms with E-state index in [1.165, 1.54) is 0 Å². The van der Waals surface area contributed by atoms with Gasteiger partial charge in [0, 0.05) is 31.0 Å². The van der Waals surface area contributed by atoms with Crippen molar-refractivity contribution in [2.24, 2.45) is 0 Å². The van der Waals surface area contributed by atoms with Gasteiger partial charge in [-0.2, -0.15) is 0 Å². The summed E-state index contributed by atoms with van der Waals surface area (Å²) in [7, 11) is 1.99. The average molecular weight is 278 g/mol. The molecule has 1 heterocycles. The number of ether oxygens (including phenoxy) is 1. The van der Waals surface area contributed by atoms with Crippen molar-refractivity contribution in [3.05, 3.63) is 24.3 Å². The minimum Gasteiger partial charge on any atom is -0.395 e. The van der Waals surface area contributed by atoms with E-state index in [1.807, 2.05) is 11.9 Å². The maximum Gasteiger partial charge on any atom is 0.0606 e. The highest BCUT2D eigenvalue weighted by atomic mass is 16.5. The molecule has 2 N–H and O–H groups in total. The summed E-state index contributed by atoms with van der Waals surface area (Å²) in [6, 6.07) is 8.87. The second-order valence-electron chi connectivity index (χ2n) is 5.76. The van der Waals surface area contributed by atoms with Gasteiger partial charge in [-0.25, -0.2) is 0 Å². The SMILES string of the molecule is CC1CC(Nc2ccc(N(C)CCO)cc2)CC(C)O1. The van der Waals surface area contributed by atoms with E-state index in [0.717, 1.165) is 24.2 Å². The number of benzene rings is 1. The second-order valence-corrected chi connectivity index (χ2v) is 5.76. The lowest BCUT2D eigenvalue weighted by atomic mass is 9.99. The first-order chi connectivity index (χ1) is 9.58. The lowest BCUT2D eigenvalue weighted by molar-refractivity contribution is -0.0337. The van der Waals surface area contributed by atoms with Gasteiger partial charge in [0.1, 0.15) is 0 Å². The lowest BCUT2D eigenvalue weighted by Gasteiger charge is -2.33. The van der Waals surface area contributed by atoms with Gasteiger partial charge in [-0.05, 0) is 51.0 Å². The van der Waals surface area contributed by atoms with Gasteiger partial charge >= 0.3 is 0 Å². The maximum atomic E-state index is 8.95. The predicted octanol–water partition coefficient (Wildman–Crippen LogP) is 2.48. The lowest BCUT2D eigenvalue weighted by Crippen LogP contribution is -2.36. The number of likely N-dealkylation sites (N-methyl/N-ethyl adjacent to an activating group) is 1. The summed E-state index contributed by atoms with van der Waals surface area (Å²) in [5.74, 6) is 0. The quantitative estimate of drug-likeness (QED) is 0.868. The molecule has 20 heavy (non-hydrogen) atoms. The Balaban J connectivity index is 1.93. The normalized spacial score (nSPS) is 26.3. The minimum atomic E-state index is 0.175. The van der Waals surface area contributed by atoms with Crippen LogP contribution in [0.4, 0.5) is 11.4 Å². The van der Waals surface area contributed by atoms with Crippen molar-refractivity contribution < 1.29 is 9.84 Å². The summed E-state index contributed by atoms with van der Waals surface area (Å²) in [6.07, 6.45) is 2.75. The van der Waals surface area contributed by atoms with Crippen molar-refractivity contribution in [2.75, 3.05) is 30.4 Å². The number of anilines is 2. The van der Waals surface area contributed by atoms with Crippen LogP contribution in [-0.2, 0) is 4.74 Å². The van der Waals surface area contributed by atoms with Crippen molar-refractivity contribution in [3.63, 3.8) is 0 Å². The Bertz CT molecular complexity index is 397. The molecule has 1 saturated heterocycles. The van der Waals surface area contributed by atoms with Gasteiger partial charge in [0.15, 0.2) is 0 Å². The molecule has 0 bridgehead atoms. The summed E-state index contributed by atoms with van der Waals surface area (Å²) in [6.45, 7) is 5.10. The Morgan fingerprint density at radius 1 is 1.20 bits per heavy atom. The van der Waals surface area contributed by atoms with E-state index in [0.29, 0.717) is 24.8 Å². The number of rotatable bonds is 5. The molecule has 0 spiro atoms. The standard InChI is InChI=1S/C16H26N2O2/c1-12-10-15(11-13(2)20-12)17-14-4-6-16(7-5-14)18(3)8-9-19/h4-7,12-13,15,17,19H,8-11H2,1-3H3. The number of hydrogen-bond donors (Lipinski definition) is 2. The van der Waals surface area contributed by atoms with Crippen LogP contribution in [0.5, 0.6) is 0 Å². The molecule has 0 aliphatic carbocycles. The Kier molecular flexibility index (Phi) is 5.26. The third-order valence-electron chi connectivity index (χ3n) is 3.81. The summed E-state index contributed by atoms with van der Waals surface area (Å²) in [4.78, 5) is 2.04. The summed E-state index contributed by atoms with van der Waals surface area (Å²) < 4.78 is 5.76. The van der Waals surface area contributed by atoms with Gasteiger partial charge in [-0.1, -0.05) is 0 Å². The molecule has 0 aromatic heterocycles. The molecule has 2 atom stereocenters. The number of nitrogens with zero attached hydrogens (tertiary/aromatic N) is 1. The fourth-order valence-electron chi connectivity index (χ4n) is 2.85. The number of hydrogen-bond acceptors (Lipinski definition) is 4. The van der Waals surface area contributed by atoms with Gasteiger partial charge in [-0.15, -0.1) is 0 Å². The molecule has 1 aromatic carbocycles. The molecule has 4 nitrogen and oxygen atoms in total. The fraction of sp³-hybridized carbons (Fsp3) is 0.625.